The standard InChI is InChI=1S/C13H26N2O/c1-9(2)11(14)12(16)15-7-6-10(8-15)13(3,4)5/h9-11H,6-8,14H2,1-5H3. The second-order valence-corrected chi connectivity index (χ2v) is 6.41. The molecule has 2 atom stereocenters. The Labute approximate surface area is 99.4 Å². The van der Waals surface area contributed by atoms with Crippen LogP contribution in [0, 0.1) is 17.3 Å². The summed E-state index contributed by atoms with van der Waals surface area (Å²) in [5.74, 6) is 0.957. The lowest BCUT2D eigenvalue weighted by Crippen LogP contribution is -2.45. The van der Waals surface area contributed by atoms with Crippen molar-refractivity contribution in [1.82, 2.24) is 4.90 Å². The number of hydrogen-bond acceptors (Lipinski definition) is 2. The van der Waals surface area contributed by atoms with Crippen LogP contribution in [0.3, 0.4) is 0 Å². The van der Waals surface area contributed by atoms with Crippen LogP contribution in [0.5, 0.6) is 0 Å². The van der Waals surface area contributed by atoms with Gasteiger partial charge in [-0.05, 0) is 23.7 Å². The fourth-order valence-corrected chi connectivity index (χ4v) is 2.16. The lowest BCUT2D eigenvalue weighted by atomic mass is 9.80. The summed E-state index contributed by atoms with van der Waals surface area (Å²) in [4.78, 5) is 14.0. The number of rotatable bonds is 2. The highest BCUT2D eigenvalue weighted by Gasteiger charge is 2.35. The number of nitrogens with zero attached hydrogens (tertiary/aromatic N) is 1. The first-order valence-corrected chi connectivity index (χ1v) is 6.28. The lowest BCUT2D eigenvalue weighted by Gasteiger charge is -2.28. The van der Waals surface area contributed by atoms with Crippen molar-refractivity contribution in [3.05, 3.63) is 0 Å². The van der Waals surface area contributed by atoms with E-state index >= 15 is 0 Å². The van der Waals surface area contributed by atoms with Gasteiger partial charge in [0.2, 0.25) is 5.91 Å². The Hall–Kier alpha value is -0.570. The van der Waals surface area contributed by atoms with Crippen molar-refractivity contribution in [3.8, 4) is 0 Å². The molecule has 0 aromatic carbocycles. The SMILES string of the molecule is CC(C)C(N)C(=O)N1CCC(C(C)(C)C)C1. The number of likely N-dealkylation sites (tertiary alicyclic amines) is 1. The van der Waals surface area contributed by atoms with Gasteiger partial charge in [0.05, 0.1) is 6.04 Å². The van der Waals surface area contributed by atoms with Crippen LogP contribution in [0.1, 0.15) is 41.0 Å². The monoisotopic (exact) mass is 226 g/mol. The Morgan fingerprint density at radius 1 is 1.38 bits per heavy atom. The fourth-order valence-electron chi connectivity index (χ4n) is 2.16. The number of amides is 1. The van der Waals surface area contributed by atoms with Gasteiger partial charge in [0.1, 0.15) is 0 Å². The van der Waals surface area contributed by atoms with Crippen molar-refractivity contribution >= 4 is 5.91 Å². The first-order valence-electron chi connectivity index (χ1n) is 6.28. The maximum atomic E-state index is 12.1. The molecule has 0 spiro atoms. The molecular weight excluding hydrogens is 200 g/mol. The quantitative estimate of drug-likeness (QED) is 0.781. The van der Waals surface area contributed by atoms with E-state index < -0.39 is 0 Å². The molecule has 1 aliphatic heterocycles. The van der Waals surface area contributed by atoms with Crippen molar-refractivity contribution in [3.63, 3.8) is 0 Å². The van der Waals surface area contributed by atoms with E-state index in [0.717, 1.165) is 19.5 Å². The Balaban J connectivity index is 2.57. The van der Waals surface area contributed by atoms with Gasteiger partial charge in [-0.2, -0.15) is 0 Å². The minimum atomic E-state index is -0.335. The van der Waals surface area contributed by atoms with E-state index in [4.69, 9.17) is 5.73 Å². The smallest absolute Gasteiger partial charge is 0.239 e. The van der Waals surface area contributed by atoms with Crippen molar-refractivity contribution in [2.24, 2.45) is 23.0 Å². The molecule has 0 aromatic heterocycles. The highest BCUT2D eigenvalue weighted by atomic mass is 16.2. The third-order valence-corrected chi connectivity index (χ3v) is 3.73. The number of carbonyl (C=O) groups is 1. The van der Waals surface area contributed by atoms with Gasteiger partial charge in [-0.1, -0.05) is 34.6 Å². The Bertz CT molecular complexity index is 255. The topological polar surface area (TPSA) is 46.3 Å². The molecule has 3 nitrogen and oxygen atoms in total. The van der Waals surface area contributed by atoms with Crippen molar-refractivity contribution in [1.29, 1.82) is 0 Å². The second-order valence-electron chi connectivity index (χ2n) is 6.41. The molecule has 1 saturated heterocycles. The van der Waals surface area contributed by atoms with Crippen LogP contribution in [-0.2, 0) is 4.79 Å². The summed E-state index contributed by atoms with van der Waals surface area (Å²) >= 11 is 0. The highest BCUT2D eigenvalue weighted by molar-refractivity contribution is 5.82. The van der Waals surface area contributed by atoms with Gasteiger partial charge < -0.3 is 10.6 Å². The molecule has 1 amide bonds. The molecule has 0 saturated carbocycles. The zero-order valence-corrected chi connectivity index (χ0v) is 11.3. The van der Waals surface area contributed by atoms with Gasteiger partial charge in [-0.25, -0.2) is 0 Å². The molecule has 2 unspecified atom stereocenters. The molecule has 1 aliphatic rings. The molecule has 0 aliphatic carbocycles. The minimum absolute atomic E-state index is 0.127. The van der Waals surface area contributed by atoms with E-state index in [0.29, 0.717) is 5.92 Å². The van der Waals surface area contributed by atoms with Gasteiger partial charge in [0.15, 0.2) is 0 Å². The second kappa shape index (κ2) is 4.74. The van der Waals surface area contributed by atoms with Crippen LogP contribution in [0.2, 0.25) is 0 Å². The predicted octanol–water partition coefficient (Wildman–Crippen LogP) is 1.86. The van der Waals surface area contributed by atoms with Crippen molar-refractivity contribution in [2.45, 2.75) is 47.1 Å². The molecule has 1 heterocycles. The van der Waals surface area contributed by atoms with E-state index in [2.05, 4.69) is 20.8 Å². The summed E-state index contributed by atoms with van der Waals surface area (Å²) in [7, 11) is 0. The summed E-state index contributed by atoms with van der Waals surface area (Å²) in [6.45, 7) is 12.5. The molecule has 0 aromatic rings. The van der Waals surface area contributed by atoms with Gasteiger partial charge in [0.25, 0.3) is 0 Å². The average Bonchev–Trinajstić information content (AvgIpc) is 2.63. The third kappa shape index (κ3) is 2.97. The zero-order chi connectivity index (χ0) is 12.5. The summed E-state index contributed by atoms with van der Waals surface area (Å²) in [5, 5.41) is 0. The van der Waals surface area contributed by atoms with E-state index in [-0.39, 0.29) is 23.3 Å². The molecule has 16 heavy (non-hydrogen) atoms. The largest absolute Gasteiger partial charge is 0.341 e. The number of nitrogens with two attached hydrogens (primary N) is 1. The molecule has 1 rings (SSSR count). The van der Waals surface area contributed by atoms with Gasteiger partial charge in [0, 0.05) is 13.1 Å². The molecule has 0 radical (unpaired) electrons. The summed E-state index contributed by atoms with van der Waals surface area (Å²) in [5.41, 5.74) is 6.19. The van der Waals surface area contributed by atoms with E-state index in [1.165, 1.54) is 0 Å². The van der Waals surface area contributed by atoms with Crippen LogP contribution in [-0.4, -0.2) is 29.9 Å². The molecule has 3 heteroatoms. The lowest BCUT2D eigenvalue weighted by molar-refractivity contribution is -0.132. The Morgan fingerprint density at radius 3 is 2.31 bits per heavy atom. The zero-order valence-electron chi connectivity index (χ0n) is 11.3. The minimum Gasteiger partial charge on any atom is -0.341 e. The Morgan fingerprint density at radius 2 is 1.94 bits per heavy atom. The summed E-state index contributed by atoms with van der Waals surface area (Å²) in [6.07, 6.45) is 1.11. The Kier molecular flexibility index (Phi) is 4.00. The summed E-state index contributed by atoms with van der Waals surface area (Å²) in [6, 6.07) is -0.335. The van der Waals surface area contributed by atoms with Gasteiger partial charge in [-0.3, -0.25) is 4.79 Å². The maximum Gasteiger partial charge on any atom is 0.239 e. The van der Waals surface area contributed by atoms with Gasteiger partial charge >= 0.3 is 0 Å². The van der Waals surface area contributed by atoms with Crippen molar-refractivity contribution < 1.29 is 4.79 Å². The van der Waals surface area contributed by atoms with Crippen LogP contribution in [0.25, 0.3) is 0 Å². The molecule has 1 fully saturated rings. The third-order valence-electron chi connectivity index (χ3n) is 3.73. The molecule has 0 bridgehead atoms. The van der Waals surface area contributed by atoms with Crippen LogP contribution in [0.4, 0.5) is 0 Å². The van der Waals surface area contributed by atoms with E-state index in [9.17, 15) is 4.79 Å². The first kappa shape index (κ1) is 13.5. The number of hydrogen-bond donors (Lipinski definition) is 1. The van der Waals surface area contributed by atoms with Crippen LogP contribution >= 0.6 is 0 Å². The van der Waals surface area contributed by atoms with Gasteiger partial charge in [-0.15, -0.1) is 0 Å². The fraction of sp³-hybridized carbons (Fsp3) is 0.923. The average molecular weight is 226 g/mol. The normalized spacial score (nSPS) is 23.9. The highest BCUT2D eigenvalue weighted by Crippen LogP contribution is 2.33. The predicted molar refractivity (Wildman–Crippen MR) is 67.0 cm³/mol. The first-order chi connectivity index (χ1) is 7.23. The maximum absolute atomic E-state index is 12.1. The molecule has 94 valence electrons. The van der Waals surface area contributed by atoms with E-state index in [1.807, 2.05) is 18.7 Å². The van der Waals surface area contributed by atoms with Crippen LogP contribution in [0.15, 0.2) is 0 Å². The molecule has 2 N–H and O–H groups in total. The van der Waals surface area contributed by atoms with Crippen LogP contribution < -0.4 is 5.73 Å². The summed E-state index contributed by atoms with van der Waals surface area (Å²) < 4.78 is 0. The molecular formula is C13H26N2O. The van der Waals surface area contributed by atoms with Crippen molar-refractivity contribution in [2.75, 3.05) is 13.1 Å². The van der Waals surface area contributed by atoms with E-state index in [1.54, 1.807) is 0 Å². The number of carbonyl (C=O) groups excluding carboxylic acids is 1.